The maximum Gasteiger partial charge on any atom is 0.172 e. The lowest BCUT2D eigenvalue weighted by Crippen LogP contribution is -1.89. The average molecular weight is 232 g/mol. The average Bonchev–Trinajstić information content (AvgIpc) is 2.94. The Morgan fingerprint density at radius 1 is 1.35 bits per heavy atom. The van der Waals surface area contributed by atoms with Crippen molar-refractivity contribution < 1.29 is 14.0 Å². The monoisotopic (exact) mass is 232 g/mol. The summed E-state index contributed by atoms with van der Waals surface area (Å²) in [6.45, 7) is 0.709. The molecule has 5 heteroatoms. The summed E-state index contributed by atoms with van der Waals surface area (Å²) in [7, 11) is 1.63. The Morgan fingerprint density at radius 2 is 2.24 bits per heavy atom. The van der Waals surface area contributed by atoms with Crippen molar-refractivity contribution in [2.75, 3.05) is 19.5 Å². The van der Waals surface area contributed by atoms with Crippen LogP contribution in [0.4, 0.5) is 5.82 Å². The molecule has 0 bridgehead atoms. The number of ether oxygens (including phenoxy) is 2. The van der Waals surface area contributed by atoms with Crippen LogP contribution >= 0.6 is 0 Å². The number of aromatic nitrogens is 1. The zero-order valence-corrected chi connectivity index (χ0v) is 9.40. The number of anilines is 1. The van der Waals surface area contributed by atoms with E-state index >= 15 is 0 Å². The lowest BCUT2D eigenvalue weighted by molar-refractivity contribution is 0.356. The Morgan fingerprint density at radius 3 is 2.94 bits per heavy atom. The van der Waals surface area contributed by atoms with Gasteiger partial charge >= 0.3 is 0 Å². The highest BCUT2D eigenvalue weighted by molar-refractivity contribution is 5.71. The fourth-order valence-corrected chi connectivity index (χ4v) is 1.98. The first-order chi connectivity index (χ1) is 8.28. The maximum absolute atomic E-state index is 5.54. The predicted octanol–water partition coefficient (Wildman–Crippen LogP) is 1.87. The lowest BCUT2D eigenvalue weighted by atomic mass is 10.1. The van der Waals surface area contributed by atoms with E-state index in [4.69, 9.17) is 19.7 Å². The Bertz CT molecular complexity index is 563. The van der Waals surface area contributed by atoms with Gasteiger partial charge in [0.15, 0.2) is 11.6 Å². The van der Waals surface area contributed by atoms with Gasteiger partial charge in [0.05, 0.1) is 19.3 Å². The molecule has 0 aliphatic carbocycles. The van der Waals surface area contributed by atoms with Crippen molar-refractivity contribution in [2.45, 2.75) is 6.42 Å². The highest BCUT2D eigenvalue weighted by Crippen LogP contribution is 2.38. The topological polar surface area (TPSA) is 70.5 Å². The largest absolute Gasteiger partial charge is 0.496 e. The highest BCUT2D eigenvalue weighted by Gasteiger charge is 2.19. The second kappa shape index (κ2) is 3.69. The molecule has 0 radical (unpaired) electrons. The van der Waals surface area contributed by atoms with E-state index in [0.29, 0.717) is 18.2 Å². The number of hydrogen-bond acceptors (Lipinski definition) is 5. The molecule has 0 atom stereocenters. The van der Waals surface area contributed by atoms with E-state index in [1.165, 1.54) is 0 Å². The van der Waals surface area contributed by atoms with Crippen LogP contribution in [0.3, 0.4) is 0 Å². The summed E-state index contributed by atoms with van der Waals surface area (Å²) in [6, 6.07) is 5.54. The van der Waals surface area contributed by atoms with E-state index in [0.717, 1.165) is 29.0 Å². The SMILES string of the molecule is COc1cc2c(cc1-c1cc(N)no1)OCC2. The summed E-state index contributed by atoms with van der Waals surface area (Å²) in [5.74, 6) is 2.54. The summed E-state index contributed by atoms with van der Waals surface area (Å²) in [4.78, 5) is 0. The van der Waals surface area contributed by atoms with Crippen LogP contribution in [0.1, 0.15) is 5.56 Å². The van der Waals surface area contributed by atoms with E-state index in [2.05, 4.69) is 5.16 Å². The second-order valence-electron chi connectivity index (χ2n) is 3.87. The van der Waals surface area contributed by atoms with Gasteiger partial charge in [0.25, 0.3) is 0 Å². The molecule has 0 amide bonds. The molecular formula is C12H12N2O3. The minimum absolute atomic E-state index is 0.350. The molecule has 0 spiro atoms. The number of nitrogens with two attached hydrogens (primary N) is 1. The van der Waals surface area contributed by atoms with Crippen molar-refractivity contribution in [1.82, 2.24) is 5.16 Å². The number of methoxy groups -OCH3 is 1. The first-order valence-corrected chi connectivity index (χ1v) is 5.34. The van der Waals surface area contributed by atoms with Gasteiger partial charge in [0.1, 0.15) is 11.5 Å². The molecule has 0 saturated carbocycles. The lowest BCUT2D eigenvalue weighted by Gasteiger charge is -2.08. The van der Waals surface area contributed by atoms with Crippen molar-refractivity contribution >= 4 is 5.82 Å². The van der Waals surface area contributed by atoms with Crippen molar-refractivity contribution in [3.8, 4) is 22.8 Å². The van der Waals surface area contributed by atoms with Crippen molar-refractivity contribution in [2.24, 2.45) is 0 Å². The van der Waals surface area contributed by atoms with Crippen LogP contribution in [0.5, 0.6) is 11.5 Å². The van der Waals surface area contributed by atoms with Gasteiger partial charge in [-0.05, 0) is 12.1 Å². The minimum atomic E-state index is 0.350. The molecule has 88 valence electrons. The fourth-order valence-electron chi connectivity index (χ4n) is 1.98. The smallest absolute Gasteiger partial charge is 0.172 e. The molecule has 2 N–H and O–H groups in total. The van der Waals surface area contributed by atoms with Gasteiger partial charge in [-0.15, -0.1) is 0 Å². The van der Waals surface area contributed by atoms with Gasteiger partial charge in [-0.1, -0.05) is 5.16 Å². The molecule has 1 aliphatic heterocycles. The van der Waals surface area contributed by atoms with E-state index in [9.17, 15) is 0 Å². The molecule has 1 aliphatic rings. The summed E-state index contributed by atoms with van der Waals surface area (Å²) in [6.07, 6.45) is 0.907. The van der Waals surface area contributed by atoms with Crippen molar-refractivity contribution in [1.29, 1.82) is 0 Å². The molecule has 1 aromatic carbocycles. The normalized spacial score (nSPS) is 13.2. The number of hydrogen-bond donors (Lipinski definition) is 1. The van der Waals surface area contributed by atoms with Crippen LogP contribution in [0, 0.1) is 0 Å². The zero-order valence-electron chi connectivity index (χ0n) is 9.40. The maximum atomic E-state index is 5.54. The first kappa shape index (κ1) is 10.0. The number of rotatable bonds is 2. The highest BCUT2D eigenvalue weighted by atomic mass is 16.5. The van der Waals surface area contributed by atoms with Crippen LogP contribution in [0.25, 0.3) is 11.3 Å². The van der Waals surface area contributed by atoms with Crippen LogP contribution in [0.15, 0.2) is 22.7 Å². The summed E-state index contributed by atoms with van der Waals surface area (Å²) >= 11 is 0. The quantitative estimate of drug-likeness (QED) is 0.855. The Hall–Kier alpha value is -2.17. The van der Waals surface area contributed by atoms with E-state index in [1.807, 2.05) is 12.1 Å². The zero-order chi connectivity index (χ0) is 11.8. The van der Waals surface area contributed by atoms with Crippen LogP contribution in [-0.2, 0) is 6.42 Å². The number of fused-ring (bicyclic) bond motifs is 1. The molecule has 0 unspecified atom stereocenters. The minimum Gasteiger partial charge on any atom is -0.496 e. The molecule has 5 nitrogen and oxygen atoms in total. The molecule has 17 heavy (non-hydrogen) atoms. The van der Waals surface area contributed by atoms with Gasteiger partial charge in [0.2, 0.25) is 0 Å². The van der Waals surface area contributed by atoms with Crippen molar-refractivity contribution in [3.05, 3.63) is 23.8 Å². The van der Waals surface area contributed by atoms with Crippen LogP contribution in [0.2, 0.25) is 0 Å². The van der Waals surface area contributed by atoms with Crippen molar-refractivity contribution in [3.63, 3.8) is 0 Å². The molecule has 1 aromatic heterocycles. The Labute approximate surface area is 98.1 Å². The standard InChI is InChI=1S/C12H12N2O3/c1-15-10-4-7-2-3-16-9(7)5-8(10)11-6-12(13)14-17-11/h4-6H,2-3H2,1H3,(H2,13,14). The Kier molecular flexibility index (Phi) is 2.18. The molecule has 0 fully saturated rings. The number of nitrogens with zero attached hydrogens (tertiary/aromatic N) is 1. The van der Waals surface area contributed by atoms with Gasteiger partial charge in [-0.3, -0.25) is 0 Å². The molecule has 3 rings (SSSR count). The van der Waals surface area contributed by atoms with Gasteiger partial charge in [-0.2, -0.15) is 0 Å². The van der Waals surface area contributed by atoms with E-state index in [-0.39, 0.29) is 0 Å². The molecule has 2 heterocycles. The first-order valence-electron chi connectivity index (χ1n) is 5.34. The van der Waals surface area contributed by atoms with Crippen LogP contribution < -0.4 is 15.2 Å². The Balaban J connectivity index is 2.15. The third kappa shape index (κ3) is 1.60. The van der Waals surface area contributed by atoms with Gasteiger partial charge in [-0.25, -0.2) is 0 Å². The fraction of sp³-hybridized carbons (Fsp3) is 0.250. The third-order valence-electron chi connectivity index (χ3n) is 2.81. The predicted molar refractivity (Wildman–Crippen MR) is 62.1 cm³/mol. The molecule has 2 aromatic rings. The van der Waals surface area contributed by atoms with E-state index < -0.39 is 0 Å². The van der Waals surface area contributed by atoms with E-state index in [1.54, 1.807) is 13.2 Å². The van der Waals surface area contributed by atoms with Gasteiger partial charge in [0, 0.05) is 18.1 Å². The summed E-state index contributed by atoms with van der Waals surface area (Å²) in [5, 5.41) is 3.67. The second-order valence-corrected chi connectivity index (χ2v) is 3.87. The third-order valence-corrected chi connectivity index (χ3v) is 2.81. The van der Waals surface area contributed by atoms with Crippen LogP contribution in [-0.4, -0.2) is 18.9 Å². The number of benzene rings is 1. The molecule has 0 saturated heterocycles. The summed E-state index contributed by atoms with van der Waals surface area (Å²) in [5.41, 5.74) is 7.50. The molecular weight excluding hydrogens is 220 g/mol. The van der Waals surface area contributed by atoms with Gasteiger partial charge < -0.3 is 19.7 Å². The summed E-state index contributed by atoms with van der Waals surface area (Å²) < 4.78 is 16.0. The number of nitrogen functional groups attached to an aromatic ring is 1.